The number of methoxy groups -OCH3 is 1. The van der Waals surface area contributed by atoms with Crippen LogP contribution in [0.15, 0.2) is 0 Å². The Labute approximate surface area is 122 Å². The number of carbonyl (C=O) groups is 1. The van der Waals surface area contributed by atoms with Gasteiger partial charge >= 0.3 is 0 Å². The summed E-state index contributed by atoms with van der Waals surface area (Å²) in [5.41, 5.74) is 5.17. The van der Waals surface area contributed by atoms with Crippen molar-refractivity contribution in [1.29, 1.82) is 0 Å². The van der Waals surface area contributed by atoms with Crippen LogP contribution >= 0.6 is 0 Å². The second kappa shape index (κ2) is 7.38. The molecule has 0 radical (unpaired) electrons. The first-order chi connectivity index (χ1) is 9.40. The van der Waals surface area contributed by atoms with Gasteiger partial charge in [0.15, 0.2) is 0 Å². The zero-order chi connectivity index (χ0) is 15.2. The van der Waals surface area contributed by atoms with Gasteiger partial charge in [0.25, 0.3) is 0 Å². The summed E-state index contributed by atoms with van der Waals surface area (Å²) in [6, 6.07) is 0. The molecule has 1 amide bonds. The van der Waals surface area contributed by atoms with E-state index in [0.29, 0.717) is 19.6 Å². The molecule has 20 heavy (non-hydrogen) atoms. The fourth-order valence-electron chi connectivity index (χ4n) is 2.73. The minimum Gasteiger partial charge on any atom is -0.385 e. The predicted molar refractivity (Wildman–Crippen MR) is 79.5 cm³/mol. The lowest BCUT2D eigenvalue weighted by atomic mass is 9.54. The number of ether oxygens (including phenoxy) is 2. The van der Waals surface area contributed by atoms with Crippen LogP contribution in [0, 0.1) is 5.41 Å². The lowest BCUT2D eigenvalue weighted by Gasteiger charge is -2.57. The molecule has 2 unspecified atom stereocenters. The van der Waals surface area contributed by atoms with Gasteiger partial charge in [0.1, 0.15) is 5.54 Å². The van der Waals surface area contributed by atoms with E-state index in [-0.39, 0.29) is 17.4 Å². The van der Waals surface area contributed by atoms with E-state index in [4.69, 9.17) is 15.2 Å². The minimum atomic E-state index is -0.806. The molecule has 5 nitrogen and oxygen atoms in total. The number of nitrogens with one attached hydrogen (secondary N) is 1. The molecule has 118 valence electrons. The van der Waals surface area contributed by atoms with Gasteiger partial charge in [-0.1, -0.05) is 13.8 Å². The summed E-state index contributed by atoms with van der Waals surface area (Å²) in [5, 5.41) is 2.96. The lowest BCUT2D eigenvalue weighted by Crippen LogP contribution is -2.75. The molecule has 0 spiro atoms. The molecule has 0 aromatic heterocycles. The smallest absolute Gasteiger partial charge is 0.240 e. The van der Waals surface area contributed by atoms with Crippen LogP contribution < -0.4 is 11.1 Å². The SMILES string of the molecule is CCOC1CC(N)(C(=O)NCCCCCOC)C1(C)C. The summed E-state index contributed by atoms with van der Waals surface area (Å²) >= 11 is 0. The molecule has 5 heteroatoms. The normalized spacial score (nSPS) is 27.9. The number of nitrogens with two attached hydrogens (primary N) is 1. The molecule has 1 aliphatic carbocycles. The van der Waals surface area contributed by atoms with Crippen molar-refractivity contribution < 1.29 is 14.3 Å². The number of amides is 1. The predicted octanol–water partition coefficient (Wildman–Crippen LogP) is 1.45. The van der Waals surface area contributed by atoms with Gasteiger partial charge in [0, 0.05) is 38.7 Å². The van der Waals surface area contributed by atoms with Crippen LogP contribution in [0.3, 0.4) is 0 Å². The number of unbranched alkanes of at least 4 members (excludes halogenated alkanes) is 2. The first-order valence-corrected chi connectivity index (χ1v) is 7.58. The maximum atomic E-state index is 12.3. The second-order valence-corrected chi connectivity index (χ2v) is 6.15. The summed E-state index contributed by atoms with van der Waals surface area (Å²) in [7, 11) is 1.70. The van der Waals surface area contributed by atoms with Crippen molar-refractivity contribution in [1.82, 2.24) is 5.32 Å². The van der Waals surface area contributed by atoms with Crippen LogP contribution in [0.5, 0.6) is 0 Å². The van der Waals surface area contributed by atoms with Gasteiger partial charge < -0.3 is 20.5 Å². The summed E-state index contributed by atoms with van der Waals surface area (Å²) in [6.45, 7) is 8.09. The first kappa shape index (κ1) is 17.4. The third kappa shape index (κ3) is 3.51. The highest BCUT2D eigenvalue weighted by Gasteiger charge is 2.62. The Morgan fingerprint density at radius 3 is 2.60 bits per heavy atom. The van der Waals surface area contributed by atoms with Crippen molar-refractivity contribution in [2.24, 2.45) is 11.1 Å². The minimum absolute atomic E-state index is 0.0507. The van der Waals surface area contributed by atoms with Crippen LogP contribution in [0.2, 0.25) is 0 Å². The average Bonchev–Trinajstić information content (AvgIpc) is 2.41. The van der Waals surface area contributed by atoms with Crippen LogP contribution in [-0.2, 0) is 14.3 Å². The molecule has 0 heterocycles. The quantitative estimate of drug-likeness (QED) is 0.629. The monoisotopic (exact) mass is 286 g/mol. The molecular weight excluding hydrogens is 256 g/mol. The molecule has 1 saturated carbocycles. The maximum Gasteiger partial charge on any atom is 0.240 e. The molecular formula is C15H30N2O3. The molecule has 3 N–H and O–H groups in total. The van der Waals surface area contributed by atoms with Crippen molar-refractivity contribution in [2.45, 2.75) is 58.1 Å². The average molecular weight is 286 g/mol. The van der Waals surface area contributed by atoms with Crippen LogP contribution in [0.4, 0.5) is 0 Å². The van der Waals surface area contributed by atoms with E-state index in [1.165, 1.54) is 0 Å². The van der Waals surface area contributed by atoms with Crippen molar-refractivity contribution in [3.05, 3.63) is 0 Å². The number of hydrogen-bond acceptors (Lipinski definition) is 4. The van der Waals surface area contributed by atoms with Gasteiger partial charge in [-0.3, -0.25) is 4.79 Å². The number of hydrogen-bond donors (Lipinski definition) is 2. The molecule has 0 bridgehead atoms. The summed E-state index contributed by atoms with van der Waals surface area (Å²) < 4.78 is 10.6. The number of carbonyl (C=O) groups excluding carboxylic acids is 1. The third-order valence-electron chi connectivity index (χ3n) is 4.55. The fourth-order valence-corrected chi connectivity index (χ4v) is 2.73. The van der Waals surface area contributed by atoms with Gasteiger partial charge in [-0.25, -0.2) is 0 Å². The summed E-state index contributed by atoms with van der Waals surface area (Å²) in [6.07, 6.45) is 3.71. The van der Waals surface area contributed by atoms with Crippen LogP contribution in [0.25, 0.3) is 0 Å². The molecule has 2 atom stereocenters. The highest BCUT2D eigenvalue weighted by molar-refractivity contribution is 5.88. The van der Waals surface area contributed by atoms with Crippen LogP contribution in [0.1, 0.15) is 46.5 Å². The van der Waals surface area contributed by atoms with Crippen molar-refractivity contribution >= 4 is 5.91 Å². The first-order valence-electron chi connectivity index (χ1n) is 7.58. The van der Waals surface area contributed by atoms with E-state index in [0.717, 1.165) is 25.9 Å². The van der Waals surface area contributed by atoms with Gasteiger partial charge in [-0.2, -0.15) is 0 Å². The molecule has 1 fully saturated rings. The van der Waals surface area contributed by atoms with E-state index in [9.17, 15) is 4.79 Å². The zero-order valence-electron chi connectivity index (χ0n) is 13.3. The third-order valence-corrected chi connectivity index (χ3v) is 4.55. The maximum absolute atomic E-state index is 12.3. The van der Waals surface area contributed by atoms with Crippen molar-refractivity contribution in [3.8, 4) is 0 Å². The highest BCUT2D eigenvalue weighted by Crippen LogP contribution is 2.49. The Bertz CT molecular complexity index is 320. The lowest BCUT2D eigenvalue weighted by molar-refractivity contribution is -0.170. The molecule has 0 aromatic rings. The fraction of sp³-hybridized carbons (Fsp3) is 0.933. The van der Waals surface area contributed by atoms with E-state index in [1.807, 2.05) is 20.8 Å². The molecule has 0 aliphatic heterocycles. The van der Waals surface area contributed by atoms with Crippen molar-refractivity contribution in [2.75, 3.05) is 26.9 Å². The zero-order valence-corrected chi connectivity index (χ0v) is 13.3. The van der Waals surface area contributed by atoms with Gasteiger partial charge in [-0.05, 0) is 26.2 Å². The van der Waals surface area contributed by atoms with Crippen molar-refractivity contribution in [3.63, 3.8) is 0 Å². The Morgan fingerprint density at radius 2 is 2.05 bits per heavy atom. The van der Waals surface area contributed by atoms with Gasteiger partial charge in [0.05, 0.1) is 6.10 Å². The molecule has 0 aromatic carbocycles. The summed E-state index contributed by atoms with van der Waals surface area (Å²) in [4.78, 5) is 12.3. The molecule has 0 saturated heterocycles. The Kier molecular flexibility index (Phi) is 6.43. The van der Waals surface area contributed by atoms with E-state index < -0.39 is 5.54 Å². The van der Waals surface area contributed by atoms with Crippen LogP contribution in [-0.4, -0.2) is 44.4 Å². The Hall–Kier alpha value is -0.650. The van der Waals surface area contributed by atoms with E-state index in [2.05, 4.69) is 5.32 Å². The van der Waals surface area contributed by atoms with Gasteiger partial charge in [0.2, 0.25) is 5.91 Å². The van der Waals surface area contributed by atoms with E-state index in [1.54, 1.807) is 7.11 Å². The standard InChI is InChI=1S/C15H30N2O3/c1-5-20-12-11-15(16,14(12,2)3)13(18)17-9-7-6-8-10-19-4/h12H,5-11,16H2,1-4H3,(H,17,18). The second-order valence-electron chi connectivity index (χ2n) is 6.15. The topological polar surface area (TPSA) is 73.6 Å². The number of rotatable bonds is 9. The van der Waals surface area contributed by atoms with E-state index >= 15 is 0 Å². The largest absolute Gasteiger partial charge is 0.385 e. The Balaban J connectivity index is 2.33. The summed E-state index contributed by atoms with van der Waals surface area (Å²) in [5.74, 6) is -0.0507. The highest BCUT2D eigenvalue weighted by atomic mass is 16.5. The molecule has 1 rings (SSSR count). The Morgan fingerprint density at radius 1 is 1.35 bits per heavy atom. The molecule has 1 aliphatic rings. The van der Waals surface area contributed by atoms with Gasteiger partial charge in [-0.15, -0.1) is 0 Å².